The van der Waals surface area contributed by atoms with Crippen LogP contribution in [0, 0.1) is 0 Å². The van der Waals surface area contributed by atoms with Gasteiger partial charge in [0.15, 0.2) is 0 Å². The van der Waals surface area contributed by atoms with Gasteiger partial charge in [0.05, 0.1) is 12.8 Å². The molecule has 5 heteroatoms. The topological polar surface area (TPSA) is 60.3 Å². The summed E-state index contributed by atoms with van der Waals surface area (Å²) in [6.45, 7) is 4.58. The fraction of sp³-hybridized carbons (Fsp3) is 0.538. The first-order valence-electron chi connectivity index (χ1n) is 6.17. The minimum absolute atomic E-state index is 0.0338. The van der Waals surface area contributed by atoms with Crippen molar-refractivity contribution in [1.29, 1.82) is 0 Å². The van der Waals surface area contributed by atoms with Crippen molar-refractivity contribution in [3.8, 4) is 0 Å². The lowest BCUT2D eigenvalue weighted by molar-refractivity contribution is -0.141. The lowest BCUT2D eigenvalue weighted by Crippen LogP contribution is -2.30. The Hall–Kier alpha value is -1.78. The molecule has 18 heavy (non-hydrogen) atoms. The zero-order chi connectivity index (χ0) is 13.5. The van der Waals surface area contributed by atoms with Crippen molar-refractivity contribution in [3.63, 3.8) is 0 Å². The van der Waals surface area contributed by atoms with Crippen LogP contribution in [0.4, 0.5) is 5.69 Å². The van der Waals surface area contributed by atoms with Gasteiger partial charge in [-0.05, 0) is 18.9 Å². The number of nitrogens with one attached hydrogen (secondary N) is 1. The van der Waals surface area contributed by atoms with Gasteiger partial charge in [-0.2, -0.15) is 0 Å². The van der Waals surface area contributed by atoms with Crippen LogP contribution >= 0.6 is 0 Å². The highest BCUT2D eigenvalue weighted by Crippen LogP contribution is 2.08. The van der Waals surface area contributed by atoms with Crippen LogP contribution in [-0.2, 0) is 16.1 Å². The molecule has 0 radical (unpaired) electrons. The van der Waals surface area contributed by atoms with Crippen molar-refractivity contribution in [1.82, 2.24) is 4.57 Å². The van der Waals surface area contributed by atoms with E-state index in [9.17, 15) is 9.59 Å². The molecule has 0 aliphatic heterocycles. The molecule has 1 N–H and O–H groups in total. The van der Waals surface area contributed by atoms with Gasteiger partial charge in [-0.25, -0.2) is 4.79 Å². The summed E-state index contributed by atoms with van der Waals surface area (Å²) in [5.74, 6) is -0.300. The SMILES string of the molecule is CCCn1cc(NC(CC)C(=O)OC)ccc1=O. The smallest absolute Gasteiger partial charge is 0.328 e. The highest BCUT2D eigenvalue weighted by atomic mass is 16.5. The van der Waals surface area contributed by atoms with Crippen LogP contribution in [0.3, 0.4) is 0 Å². The number of methoxy groups -OCH3 is 1. The second-order valence-corrected chi connectivity index (χ2v) is 4.08. The minimum Gasteiger partial charge on any atom is -0.467 e. The summed E-state index contributed by atoms with van der Waals surface area (Å²) in [6, 6.07) is 2.80. The maximum absolute atomic E-state index is 11.6. The number of nitrogens with zero attached hydrogens (tertiary/aromatic N) is 1. The fourth-order valence-electron chi connectivity index (χ4n) is 1.70. The molecule has 0 fully saturated rings. The highest BCUT2D eigenvalue weighted by Gasteiger charge is 2.16. The molecule has 0 saturated heterocycles. The third-order valence-corrected chi connectivity index (χ3v) is 2.68. The van der Waals surface area contributed by atoms with E-state index in [-0.39, 0.29) is 17.6 Å². The molecule has 5 nitrogen and oxygen atoms in total. The minimum atomic E-state index is -0.387. The molecule has 1 heterocycles. The molecule has 1 aromatic rings. The quantitative estimate of drug-likeness (QED) is 0.782. The van der Waals surface area contributed by atoms with Crippen LogP contribution in [0.2, 0.25) is 0 Å². The average molecular weight is 252 g/mol. The Morgan fingerprint density at radius 1 is 1.44 bits per heavy atom. The van der Waals surface area contributed by atoms with Crippen molar-refractivity contribution >= 4 is 11.7 Å². The van der Waals surface area contributed by atoms with E-state index in [0.29, 0.717) is 13.0 Å². The van der Waals surface area contributed by atoms with E-state index in [1.807, 2.05) is 13.8 Å². The van der Waals surface area contributed by atoms with Crippen LogP contribution < -0.4 is 10.9 Å². The number of anilines is 1. The molecule has 0 aliphatic rings. The first-order valence-corrected chi connectivity index (χ1v) is 6.17. The Balaban J connectivity index is 2.86. The molecule has 1 aromatic heterocycles. The Kier molecular flexibility index (Phi) is 5.42. The first-order chi connectivity index (χ1) is 8.62. The Labute approximate surface area is 107 Å². The van der Waals surface area contributed by atoms with Crippen molar-refractivity contribution in [2.45, 2.75) is 39.3 Å². The molecule has 1 atom stereocenters. The molecule has 0 bridgehead atoms. The Bertz CT molecular complexity index is 454. The predicted octanol–water partition coefficient (Wildman–Crippen LogP) is 1.62. The van der Waals surface area contributed by atoms with Gasteiger partial charge in [-0.1, -0.05) is 13.8 Å². The largest absolute Gasteiger partial charge is 0.467 e. The van der Waals surface area contributed by atoms with Gasteiger partial charge in [0.1, 0.15) is 6.04 Å². The van der Waals surface area contributed by atoms with Crippen LogP contribution in [0.1, 0.15) is 26.7 Å². The zero-order valence-electron chi connectivity index (χ0n) is 11.1. The second kappa shape index (κ2) is 6.83. The van der Waals surface area contributed by atoms with Gasteiger partial charge in [0.2, 0.25) is 0 Å². The summed E-state index contributed by atoms with van der Waals surface area (Å²) in [6.07, 6.45) is 3.24. The maximum atomic E-state index is 11.6. The average Bonchev–Trinajstić information content (AvgIpc) is 2.39. The maximum Gasteiger partial charge on any atom is 0.328 e. The van der Waals surface area contributed by atoms with Crippen molar-refractivity contribution < 1.29 is 9.53 Å². The summed E-state index contributed by atoms with van der Waals surface area (Å²) in [7, 11) is 1.37. The summed E-state index contributed by atoms with van der Waals surface area (Å²) in [4.78, 5) is 23.0. The summed E-state index contributed by atoms with van der Waals surface area (Å²) in [5.41, 5.74) is 0.716. The molecule has 0 amide bonds. The van der Waals surface area contributed by atoms with Crippen LogP contribution in [0.5, 0.6) is 0 Å². The number of esters is 1. The molecule has 1 rings (SSSR count). The molecule has 1 unspecified atom stereocenters. The van der Waals surface area contributed by atoms with E-state index in [1.54, 1.807) is 16.8 Å². The molecule has 0 spiro atoms. The molecular weight excluding hydrogens is 232 g/mol. The molecule has 0 saturated carbocycles. The van der Waals surface area contributed by atoms with E-state index < -0.39 is 0 Å². The Morgan fingerprint density at radius 3 is 2.72 bits per heavy atom. The first kappa shape index (κ1) is 14.3. The van der Waals surface area contributed by atoms with Gasteiger partial charge < -0.3 is 14.6 Å². The lowest BCUT2D eigenvalue weighted by Gasteiger charge is -2.16. The number of rotatable bonds is 6. The van der Waals surface area contributed by atoms with Gasteiger partial charge in [0.25, 0.3) is 5.56 Å². The second-order valence-electron chi connectivity index (χ2n) is 4.08. The number of hydrogen-bond donors (Lipinski definition) is 1. The number of aromatic nitrogens is 1. The number of ether oxygens (including phenoxy) is 1. The predicted molar refractivity (Wildman–Crippen MR) is 70.7 cm³/mol. The van der Waals surface area contributed by atoms with Crippen molar-refractivity contribution in [2.75, 3.05) is 12.4 Å². The van der Waals surface area contributed by atoms with E-state index in [2.05, 4.69) is 5.32 Å². The molecule has 0 aromatic carbocycles. The number of aryl methyl sites for hydroxylation is 1. The zero-order valence-corrected chi connectivity index (χ0v) is 11.1. The summed E-state index contributed by atoms with van der Waals surface area (Å²) in [5, 5.41) is 3.07. The molecular formula is C13H20N2O3. The van der Waals surface area contributed by atoms with E-state index >= 15 is 0 Å². The van der Waals surface area contributed by atoms with E-state index in [1.165, 1.54) is 13.2 Å². The van der Waals surface area contributed by atoms with Crippen molar-refractivity contribution in [3.05, 3.63) is 28.7 Å². The lowest BCUT2D eigenvalue weighted by atomic mass is 10.2. The Morgan fingerprint density at radius 2 is 2.17 bits per heavy atom. The highest BCUT2D eigenvalue weighted by molar-refractivity contribution is 5.78. The van der Waals surface area contributed by atoms with Gasteiger partial charge in [-0.15, -0.1) is 0 Å². The summed E-state index contributed by atoms with van der Waals surface area (Å²) >= 11 is 0. The standard InChI is InChI=1S/C13H20N2O3/c1-4-8-15-9-10(6-7-12(15)16)14-11(5-2)13(17)18-3/h6-7,9,11,14H,4-5,8H2,1-3H3. The molecule has 100 valence electrons. The number of pyridine rings is 1. The fourth-order valence-corrected chi connectivity index (χ4v) is 1.70. The van der Waals surface area contributed by atoms with Crippen LogP contribution in [0.25, 0.3) is 0 Å². The summed E-state index contributed by atoms with van der Waals surface area (Å²) < 4.78 is 6.34. The van der Waals surface area contributed by atoms with Gasteiger partial charge >= 0.3 is 5.97 Å². The monoisotopic (exact) mass is 252 g/mol. The third-order valence-electron chi connectivity index (χ3n) is 2.68. The number of carbonyl (C=O) groups excluding carboxylic acids is 1. The molecule has 0 aliphatic carbocycles. The number of hydrogen-bond acceptors (Lipinski definition) is 4. The number of carbonyl (C=O) groups is 1. The van der Waals surface area contributed by atoms with Crippen LogP contribution in [0.15, 0.2) is 23.1 Å². The van der Waals surface area contributed by atoms with Gasteiger partial charge in [-0.3, -0.25) is 4.79 Å². The van der Waals surface area contributed by atoms with Crippen molar-refractivity contribution in [2.24, 2.45) is 0 Å². The van der Waals surface area contributed by atoms with Crippen LogP contribution in [-0.4, -0.2) is 23.7 Å². The van der Waals surface area contributed by atoms with Gasteiger partial charge in [0, 0.05) is 18.8 Å². The van der Waals surface area contributed by atoms with E-state index in [0.717, 1.165) is 12.1 Å². The third kappa shape index (κ3) is 3.61. The normalized spacial score (nSPS) is 11.9. The van der Waals surface area contributed by atoms with E-state index in [4.69, 9.17) is 4.74 Å².